The van der Waals surface area contributed by atoms with Gasteiger partial charge in [-0.3, -0.25) is 9.59 Å². The van der Waals surface area contributed by atoms with Crippen molar-refractivity contribution in [3.8, 4) is 0 Å². The summed E-state index contributed by atoms with van der Waals surface area (Å²) >= 11 is 7.36. The minimum Gasteiger partial charge on any atom is -0.352 e. The molecular formula is C24H30ClFN2O2S. The van der Waals surface area contributed by atoms with Gasteiger partial charge in [0, 0.05) is 28.9 Å². The van der Waals surface area contributed by atoms with E-state index in [1.807, 2.05) is 45.0 Å². The van der Waals surface area contributed by atoms with Crippen LogP contribution < -0.4 is 5.32 Å². The molecule has 1 N–H and O–H groups in total. The Labute approximate surface area is 193 Å². The number of carbonyl (C=O) groups is 2. The molecule has 0 saturated carbocycles. The first kappa shape index (κ1) is 25.2. The number of hydrogen-bond donors (Lipinski definition) is 1. The predicted octanol–water partition coefficient (Wildman–Crippen LogP) is 5.35. The van der Waals surface area contributed by atoms with Gasteiger partial charge >= 0.3 is 0 Å². The summed E-state index contributed by atoms with van der Waals surface area (Å²) in [6, 6.07) is 11.8. The maximum atomic E-state index is 14.0. The quantitative estimate of drug-likeness (QED) is 0.515. The fourth-order valence-corrected chi connectivity index (χ4v) is 4.18. The molecule has 0 bridgehead atoms. The predicted molar refractivity (Wildman–Crippen MR) is 127 cm³/mol. The van der Waals surface area contributed by atoms with E-state index in [-0.39, 0.29) is 35.2 Å². The van der Waals surface area contributed by atoms with Crippen LogP contribution in [0.25, 0.3) is 0 Å². The zero-order valence-corrected chi connectivity index (χ0v) is 20.0. The molecule has 2 amide bonds. The molecule has 0 aliphatic carbocycles. The zero-order valence-electron chi connectivity index (χ0n) is 18.5. The molecule has 168 valence electrons. The molecule has 7 heteroatoms. The van der Waals surface area contributed by atoms with Gasteiger partial charge in [0.1, 0.15) is 11.9 Å². The van der Waals surface area contributed by atoms with E-state index in [1.165, 1.54) is 17.8 Å². The summed E-state index contributed by atoms with van der Waals surface area (Å²) in [5.74, 6) is -0.340. The van der Waals surface area contributed by atoms with Gasteiger partial charge in [-0.05, 0) is 44.9 Å². The van der Waals surface area contributed by atoms with Crippen molar-refractivity contribution in [3.63, 3.8) is 0 Å². The lowest BCUT2D eigenvalue weighted by Crippen LogP contribution is -2.50. The normalized spacial score (nSPS) is 12.8. The maximum absolute atomic E-state index is 14.0. The summed E-state index contributed by atoms with van der Waals surface area (Å²) < 4.78 is 14.0. The van der Waals surface area contributed by atoms with Crippen molar-refractivity contribution in [2.45, 2.75) is 58.5 Å². The van der Waals surface area contributed by atoms with Crippen LogP contribution in [0.3, 0.4) is 0 Å². The Kier molecular flexibility index (Phi) is 9.85. The second-order valence-electron chi connectivity index (χ2n) is 7.69. The van der Waals surface area contributed by atoms with Crippen molar-refractivity contribution in [1.82, 2.24) is 10.2 Å². The van der Waals surface area contributed by atoms with E-state index in [2.05, 4.69) is 5.32 Å². The molecule has 2 aromatic carbocycles. The first-order valence-corrected chi connectivity index (χ1v) is 11.9. The SMILES string of the molecule is CC[C@@H](C)NC(=O)[C@@H](C)N(Cc1ccc(C)cc1)C(=O)CSCc1c(F)cccc1Cl. The number of amides is 2. The fraction of sp³-hybridized carbons (Fsp3) is 0.417. The lowest BCUT2D eigenvalue weighted by Gasteiger charge is -2.29. The number of halogens is 2. The van der Waals surface area contributed by atoms with Crippen LogP contribution in [0, 0.1) is 12.7 Å². The molecule has 0 heterocycles. The van der Waals surface area contributed by atoms with Gasteiger partial charge in [-0.2, -0.15) is 0 Å². The Bertz CT molecular complexity index is 871. The molecule has 2 aromatic rings. The zero-order chi connectivity index (χ0) is 23.0. The highest BCUT2D eigenvalue weighted by molar-refractivity contribution is 7.99. The molecule has 0 fully saturated rings. The number of aryl methyl sites for hydroxylation is 1. The number of nitrogens with one attached hydrogen (secondary N) is 1. The fourth-order valence-electron chi connectivity index (χ4n) is 2.93. The van der Waals surface area contributed by atoms with Gasteiger partial charge in [0.15, 0.2) is 0 Å². The second kappa shape index (κ2) is 12.1. The highest BCUT2D eigenvalue weighted by atomic mass is 35.5. The van der Waals surface area contributed by atoms with Gasteiger partial charge in [-0.25, -0.2) is 4.39 Å². The van der Waals surface area contributed by atoms with Crippen molar-refractivity contribution < 1.29 is 14.0 Å². The van der Waals surface area contributed by atoms with Crippen molar-refractivity contribution >= 4 is 35.2 Å². The van der Waals surface area contributed by atoms with Gasteiger partial charge in [0.2, 0.25) is 11.8 Å². The Morgan fingerprint density at radius 2 is 1.84 bits per heavy atom. The van der Waals surface area contributed by atoms with Crippen LogP contribution >= 0.6 is 23.4 Å². The van der Waals surface area contributed by atoms with E-state index in [9.17, 15) is 14.0 Å². The third kappa shape index (κ3) is 7.54. The third-order valence-electron chi connectivity index (χ3n) is 5.18. The van der Waals surface area contributed by atoms with E-state index in [0.29, 0.717) is 17.1 Å². The first-order valence-electron chi connectivity index (χ1n) is 10.4. The van der Waals surface area contributed by atoms with Gasteiger partial charge in [0.25, 0.3) is 0 Å². The molecule has 0 aliphatic heterocycles. The molecule has 4 nitrogen and oxygen atoms in total. The van der Waals surface area contributed by atoms with E-state index in [4.69, 9.17) is 11.6 Å². The van der Waals surface area contributed by atoms with Crippen LogP contribution in [-0.4, -0.2) is 34.6 Å². The number of thioether (sulfide) groups is 1. The van der Waals surface area contributed by atoms with Crippen molar-refractivity contribution in [3.05, 3.63) is 70.0 Å². The van der Waals surface area contributed by atoms with Crippen LogP contribution in [0.2, 0.25) is 5.02 Å². The molecular weight excluding hydrogens is 435 g/mol. The maximum Gasteiger partial charge on any atom is 0.242 e. The van der Waals surface area contributed by atoms with Crippen LogP contribution in [0.1, 0.15) is 43.9 Å². The van der Waals surface area contributed by atoms with Gasteiger partial charge in [0.05, 0.1) is 5.75 Å². The number of benzene rings is 2. The van der Waals surface area contributed by atoms with E-state index in [1.54, 1.807) is 24.0 Å². The number of rotatable bonds is 10. The summed E-state index contributed by atoms with van der Waals surface area (Å²) in [5, 5.41) is 3.29. The lowest BCUT2D eigenvalue weighted by molar-refractivity contribution is -0.138. The van der Waals surface area contributed by atoms with Gasteiger partial charge < -0.3 is 10.2 Å². The molecule has 0 spiro atoms. The van der Waals surface area contributed by atoms with Crippen molar-refractivity contribution in [2.24, 2.45) is 0 Å². The van der Waals surface area contributed by atoms with Crippen LogP contribution in [0.15, 0.2) is 42.5 Å². The molecule has 0 unspecified atom stereocenters. The molecule has 2 rings (SSSR count). The Hall–Kier alpha value is -2.05. The van der Waals surface area contributed by atoms with Crippen LogP contribution in [0.5, 0.6) is 0 Å². The smallest absolute Gasteiger partial charge is 0.242 e. The highest BCUT2D eigenvalue weighted by Gasteiger charge is 2.26. The third-order valence-corrected chi connectivity index (χ3v) is 6.47. The highest BCUT2D eigenvalue weighted by Crippen LogP contribution is 2.24. The molecule has 0 aromatic heterocycles. The summed E-state index contributed by atoms with van der Waals surface area (Å²) in [4.78, 5) is 27.4. The molecule has 0 saturated heterocycles. The van der Waals surface area contributed by atoms with Crippen molar-refractivity contribution in [2.75, 3.05) is 5.75 Å². The van der Waals surface area contributed by atoms with Crippen LogP contribution in [-0.2, 0) is 21.9 Å². The number of nitrogens with zero attached hydrogens (tertiary/aromatic N) is 1. The summed E-state index contributed by atoms with van der Waals surface area (Å²) in [6.45, 7) is 8.00. The Balaban J connectivity index is 2.11. The van der Waals surface area contributed by atoms with E-state index < -0.39 is 6.04 Å². The summed E-state index contributed by atoms with van der Waals surface area (Å²) in [7, 11) is 0. The van der Waals surface area contributed by atoms with Gasteiger partial charge in [-0.15, -0.1) is 11.8 Å². The Morgan fingerprint density at radius 3 is 2.45 bits per heavy atom. The summed E-state index contributed by atoms with van der Waals surface area (Å²) in [6.07, 6.45) is 0.809. The minimum absolute atomic E-state index is 0.0313. The minimum atomic E-state index is -0.625. The Morgan fingerprint density at radius 1 is 1.16 bits per heavy atom. The number of hydrogen-bond acceptors (Lipinski definition) is 3. The lowest BCUT2D eigenvalue weighted by atomic mass is 10.1. The second-order valence-corrected chi connectivity index (χ2v) is 9.09. The van der Waals surface area contributed by atoms with Gasteiger partial charge in [-0.1, -0.05) is 54.4 Å². The monoisotopic (exact) mass is 464 g/mol. The molecule has 0 radical (unpaired) electrons. The summed E-state index contributed by atoms with van der Waals surface area (Å²) in [5.41, 5.74) is 2.46. The topological polar surface area (TPSA) is 49.4 Å². The molecule has 0 aliphatic rings. The standard InChI is InChI=1S/C24H30ClFN2O2S/c1-5-17(3)27-24(30)18(4)28(13-19-11-9-16(2)10-12-19)23(29)15-31-14-20-21(25)7-6-8-22(20)26/h6-12,17-18H,5,13-15H2,1-4H3,(H,27,30)/t17-,18-/m1/s1. The first-order chi connectivity index (χ1) is 14.7. The van der Waals surface area contributed by atoms with E-state index in [0.717, 1.165) is 17.5 Å². The number of carbonyl (C=O) groups excluding carboxylic acids is 2. The van der Waals surface area contributed by atoms with E-state index >= 15 is 0 Å². The molecule has 31 heavy (non-hydrogen) atoms. The molecule has 2 atom stereocenters. The largest absolute Gasteiger partial charge is 0.352 e. The van der Waals surface area contributed by atoms with Crippen LogP contribution in [0.4, 0.5) is 4.39 Å². The van der Waals surface area contributed by atoms with Crippen molar-refractivity contribution in [1.29, 1.82) is 0 Å². The average molecular weight is 465 g/mol. The average Bonchev–Trinajstić information content (AvgIpc) is 2.74.